The topological polar surface area (TPSA) is 80.7 Å². The maximum Gasteiger partial charge on any atom is 0.273 e. The Kier molecular flexibility index (Phi) is 5.64. The highest BCUT2D eigenvalue weighted by Gasteiger charge is 2.20. The Morgan fingerprint density at radius 3 is 2.31 bits per heavy atom. The maximum absolute atomic E-state index is 12.2. The van der Waals surface area contributed by atoms with Crippen LogP contribution in [0.2, 0.25) is 0 Å². The third-order valence-corrected chi connectivity index (χ3v) is 4.62. The van der Waals surface area contributed by atoms with Crippen molar-refractivity contribution in [1.82, 2.24) is 10.3 Å². The van der Waals surface area contributed by atoms with Crippen LogP contribution in [0.15, 0.2) is 42.5 Å². The van der Waals surface area contributed by atoms with E-state index in [0.717, 1.165) is 0 Å². The fourth-order valence-corrected chi connectivity index (χ4v) is 3.03. The third-order valence-electron chi connectivity index (χ3n) is 4.62. The Hall–Kier alpha value is -3.28. The van der Waals surface area contributed by atoms with Gasteiger partial charge in [0.1, 0.15) is 11.5 Å². The molecule has 0 aliphatic carbocycles. The summed E-state index contributed by atoms with van der Waals surface area (Å²) < 4.78 is 11.3. The number of benzene rings is 2. The summed E-state index contributed by atoms with van der Waals surface area (Å²) in [6.45, 7) is 8.71. The summed E-state index contributed by atoms with van der Waals surface area (Å²) in [4.78, 5) is 16.4. The van der Waals surface area contributed by atoms with E-state index < -0.39 is 5.91 Å². The summed E-state index contributed by atoms with van der Waals surface area (Å²) in [5.41, 5.74) is 1.22. The minimum Gasteiger partial charge on any atom is -0.505 e. The van der Waals surface area contributed by atoms with Crippen molar-refractivity contribution < 1.29 is 19.4 Å². The lowest BCUT2D eigenvalue weighted by Gasteiger charge is -2.19. The number of methoxy groups -OCH3 is 1. The Labute approximate surface area is 170 Å². The van der Waals surface area contributed by atoms with Crippen molar-refractivity contribution >= 4 is 16.7 Å². The number of aromatic nitrogens is 1. The molecule has 0 spiro atoms. The van der Waals surface area contributed by atoms with Crippen molar-refractivity contribution in [1.29, 1.82) is 0 Å². The number of nitrogens with one attached hydrogen (secondary N) is 1. The predicted octanol–water partition coefficient (Wildman–Crippen LogP) is 4.79. The largest absolute Gasteiger partial charge is 0.505 e. The third kappa shape index (κ3) is 4.26. The monoisotopic (exact) mass is 394 g/mol. The Morgan fingerprint density at radius 1 is 1.07 bits per heavy atom. The van der Waals surface area contributed by atoms with E-state index in [2.05, 4.69) is 31.1 Å². The molecule has 0 saturated carbocycles. The number of ether oxygens (including phenoxy) is 2. The molecule has 3 aromatic rings. The predicted molar refractivity (Wildman–Crippen MR) is 113 cm³/mol. The van der Waals surface area contributed by atoms with Crippen LogP contribution < -0.4 is 14.8 Å². The van der Waals surface area contributed by atoms with Crippen LogP contribution in [0, 0.1) is 0 Å². The molecular weight excluding hydrogens is 368 g/mol. The van der Waals surface area contributed by atoms with Crippen molar-refractivity contribution in [2.45, 2.75) is 33.1 Å². The molecular formula is C23H26N2O4. The minimum atomic E-state index is -0.454. The highest BCUT2D eigenvalue weighted by Crippen LogP contribution is 2.37. The molecule has 0 saturated heterocycles. The summed E-state index contributed by atoms with van der Waals surface area (Å²) in [5.74, 6) is 0.878. The van der Waals surface area contributed by atoms with Gasteiger partial charge >= 0.3 is 0 Å². The van der Waals surface area contributed by atoms with Crippen LogP contribution in [0.5, 0.6) is 23.1 Å². The number of hydrogen-bond donors (Lipinski definition) is 2. The first-order valence-corrected chi connectivity index (χ1v) is 9.52. The van der Waals surface area contributed by atoms with Crippen molar-refractivity contribution in [2.75, 3.05) is 13.7 Å². The van der Waals surface area contributed by atoms with Crippen LogP contribution in [-0.4, -0.2) is 29.7 Å². The normalized spacial score (nSPS) is 11.3. The van der Waals surface area contributed by atoms with E-state index >= 15 is 0 Å². The van der Waals surface area contributed by atoms with Gasteiger partial charge in [-0.1, -0.05) is 32.9 Å². The molecule has 1 amide bonds. The first-order chi connectivity index (χ1) is 13.7. The molecule has 0 fully saturated rings. The lowest BCUT2D eigenvalue weighted by Crippen LogP contribution is -2.24. The van der Waals surface area contributed by atoms with E-state index in [4.69, 9.17) is 9.47 Å². The lowest BCUT2D eigenvalue weighted by molar-refractivity contribution is 0.0947. The molecule has 0 bridgehead atoms. The first-order valence-electron chi connectivity index (χ1n) is 9.52. The van der Waals surface area contributed by atoms with Crippen LogP contribution in [0.4, 0.5) is 0 Å². The van der Waals surface area contributed by atoms with Crippen LogP contribution >= 0.6 is 0 Å². The van der Waals surface area contributed by atoms with E-state index in [1.807, 2.05) is 24.3 Å². The van der Waals surface area contributed by atoms with Crippen molar-refractivity contribution in [3.8, 4) is 23.1 Å². The van der Waals surface area contributed by atoms with Gasteiger partial charge in [0.15, 0.2) is 11.4 Å². The molecule has 2 aromatic carbocycles. The molecule has 0 radical (unpaired) electrons. The fraction of sp³-hybridized carbons (Fsp3) is 0.304. The van der Waals surface area contributed by atoms with E-state index in [1.54, 1.807) is 25.1 Å². The number of aromatic hydroxyl groups is 1. The van der Waals surface area contributed by atoms with Crippen molar-refractivity contribution in [2.24, 2.45) is 0 Å². The average Bonchev–Trinajstić information content (AvgIpc) is 2.68. The molecule has 0 aliphatic rings. The molecule has 2 N–H and O–H groups in total. The fourth-order valence-electron chi connectivity index (χ4n) is 3.03. The van der Waals surface area contributed by atoms with Crippen LogP contribution in [0.1, 0.15) is 43.7 Å². The Morgan fingerprint density at radius 2 is 1.72 bits per heavy atom. The van der Waals surface area contributed by atoms with Gasteiger partial charge in [-0.25, -0.2) is 4.98 Å². The van der Waals surface area contributed by atoms with Gasteiger partial charge in [0.25, 0.3) is 5.91 Å². The highest BCUT2D eigenvalue weighted by atomic mass is 16.5. The van der Waals surface area contributed by atoms with E-state index in [-0.39, 0.29) is 22.7 Å². The summed E-state index contributed by atoms with van der Waals surface area (Å²) in [7, 11) is 1.47. The number of hydrogen-bond acceptors (Lipinski definition) is 5. The Bertz CT molecular complexity index is 1040. The van der Waals surface area contributed by atoms with Crippen LogP contribution in [-0.2, 0) is 5.41 Å². The van der Waals surface area contributed by atoms with E-state index in [9.17, 15) is 9.90 Å². The molecule has 1 aromatic heterocycles. The maximum atomic E-state index is 12.2. The number of amides is 1. The second kappa shape index (κ2) is 7.99. The number of carbonyl (C=O) groups excluding carboxylic acids is 1. The number of nitrogens with zero attached hydrogens (tertiary/aromatic N) is 1. The van der Waals surface area contributed by atoms with Gasteiger partial charge in [-0.2, -0.15) is 0 Å². The van der Waals surface area contributed by atoms with Gasteiger partial charge in [-0.3, -0.25) is 4.79 Å². The smallest absolute Gasteiger partial charge is 0.273 e. The second-order valence-corrected chi connectivity index (χ2v) is 7.76. The number of pyridine rings is 1. The van der Waals surface area contributed by atoms with Gasteiger partial charge in [-0.05, 0) is 48.2 Å². The summed E-state index contributed by atoms with van der Waals surface area (Å²) >= 11 is 0. The SMILES string of the molecule is CCNC(=O)c1nc(OC)c2cc(Oc3ccc(C(C)(C)C)cc3)ccc2c1O. The number of rotatable bonds is 5. The molecule has 3 rings (SSSR count). The van der Waals surface area contributed by atoms with Gasteiger partial charge < -0.3 is 19.9 Å². The molecule has 6 heteroatoms. The standard InChI is InChI=1S/C23H26N2O4/c1-6-24-21(27)19-20(26)17-12-11-16(13-18(17)22(25-19)28-5)29-15-9-7-14(8-10-15)23(2,3)4/h7-13,26H,6H2,1-5H3,(H,24,27). The highest BCUT2D eigenvalue weighted by molar-refractivity contribution is 6.03. The van der Waals surface area contributed by atoms with Crippen LogP contribution in [0.25, 0.3) is 10.8 Å². The first kappa shape index (κ1) is 20.5. The van der Waals surface area contributed by atoms with Gasteiger partial charge in [0.2, 0.25) is 5.88 Å². The molecule has 152 valence electrons. The minimum absolute atomic E-state index is 0.0670. The van der Waals surface area contributed by atoms with Gasteiger partial charge in [-0.15, -0.1) is 0 Å². The van der Waals surface area contributed by atoms with E-state index in [1.165, 1.54) is 12.7 Å². The zero-order valence-electron chi connectivity index (χ0n) is 17.4. The molecule has 0 aliphatic heterocycles. The van der Waals surface area contributed by atoms with Gasteiger partial charge in [0.05, 0.1) is 12.5 Å². The van der Waals surface area contributed by atoms with E-state index in [0.29, 0.717) is 28.8 Å². The number of carbonyl (C=O) groups is 1. The van der Waals surface area contributed by atoms with Crippen molar-refractivity contribution in [3.63, 3.8) is 0 Å². The molecule has 29 heavy (non-hydrogen) atoms. The molecule has 6 nitrogen and oxygen atoms in total. The quantitative estimate of drug-likeness (QED) is 0.650. The number of fused-ring (bicyclic) bond motifs is 1. The summed E-state index contributed by atoms with van der Waals surface area (Å²) in [5, 5.41) is 14.2. The second-order valence-electron chi connectivity index (χ2n) is 7.76. The average molecular weight is 394 g/mol. The van der Waals surface area contributed by atoms with Crippen molar-refractivity contribution in [3.05, 3.63) is 53.7 Å². The summed E-state index contributed by atoms with van der Waals surface area (Å²) in [6.07, 6.45) is 0. The van der Waals surface area contributed by atoms with Gasteiger partial charge in [0, 0.05) is 11.9 Å². The summed E-state index contributed by atoms with van der Waals surface area (Å²) in [6, 6.07) is 13.1. The zero-order valence-corrected chi connectivity index (χ0v) is 17.4. The Balaban J connectivity index is 1.97. The molecule has 0 unspecified atom stereocenters. The van der Waals surface area contributed by atoms with Crippen LogP contribution in [0.3, 0.4) is 0 Å². The molecule has 1 heterocycles. The lowest BCUT2D eigenvalue weighted by atomic mass is 9.87. The molecule has 0 atom stereocenters. The zero-order chi connectivity index (χ0) is 21.2.